The second-order valence-electron chi connectivity index (χ2n) is 6.67. The van der Waals surface area contributed by atoms with Crippen molar-refractivity contribution in [2.75, 3.05) is 19.8 Å². The van der Waals surface area contributed by atoms with Crippen LogP contribution in [-0.4, -0.2) is 35.6 Å². The largest absolute Gasteiger partial charge is 0.381 e. The standard InChI is InChI=1S/C16H26ClN3O/c1-3-13-15(17)14(20(2)19-13)9-16(7-4-8-21-11-16)10-18-12-5-6-12/h12,18H,3-11H2,1-2H3. The SMILES string of the molecule is CCc1nn(C)c(CC2(CNC3CC3)CCCOC2)c1Cl. The second kappa shape index (κ2) is 6.27. The highest BCUT2D eigenvalue weighted by molar-refractivity contribution is 6.31. The molecule has 0 amide bonds. The molecule has 2 fully saturated rings. The lowest BCUT2D eigenvalue weighted by Gasteiger charge is -2.37. The highest BCUT2D eigenvalue weighted by atomic mass is 35.5. The van der Waals surface area contributed by atoms with E-state index >= 15 is 0 Å². The normalized spacial score (nSPS) is 26.2. The van der Waals surface area contributed by atoms with E-state index in [0.29, 0.717) is 0 Å². The van der Waals surface area contributed by atoms with Crippen molar-refractivity contribution in [1.29, 1.82) is 0 Å². The van der Waals surface area contributed by atoms with Crippen LogP contribution >= 0.6 is 11.6 Å². The van der Waals surface area contributed by atoms with Gasteiger partial charge in [0.15, 0.2) is 0 Å². The Balaban J connectivity index is 1.78. The molecule has 1 N–H and O–H groups in total. The van der Waals surface area contributed by atoms with E-state index in [1.807, 2.05) is 11.7 Å². The van der Waals surface area contributed by atoms with Crippen LogP contribution in [0.25, 0.3) is 0 Å². The molecular formula is C16H26ClN3O. The van der Waals surface area contributed by atoms with Crippen LogP contribution in [0, 0.1) is 5.41 Å². The zero-order chi connectivity index (χ0) is 14.9. The molecule has 5 heteroatoms. The van der Waals surface area contributed by atoms with Crippen LogP contribution in [0.3, 0.4) is 0 Å². The molecule has 1 aliphatic carbocycles. The van der Waals surface area contributed by atoms with Crippen molar-refractivity contribution in [2.24, 2.45) is 12.5 Å². The van der Waals surface area contributed by atoms with Gasteiger partial charge in [-0.25, -0.2) is 0 Å². The van der Waals surface area contributed by atoms with Crippen LogP contribution in [0.1, 0.15) is 44.0 Å². The first-order valence-corrected chi connectivity index (χ1v) is 8.53. The lowest BCUT2D eigenvalue weighted by atomic mass is 9.78. The Labute approximate surface area is 132 Å². The van der Waals surface area contributed by atoms with Gasteiger partial charge in [-0.05, 0) is 38.5 Å². The maximum Gasteiger partial charge on any atom is 0.0849 e. The number of nitrogens with zero attached hydrogens (tertiary/aromatic N) is 2. The van der Waals surface area contributed by atoms with E-state index in [4.69, 9.17) is 16.3 Å². The van der Waals surface area contributed by atoms with E-state index < -0.39 is 0 Å². The molecule has 2 heterocycles. The van der Waals surface area contributed by atoms with Gasteiger partial charge in [-0.1, -0.05) is 18.5 Å². The first-order chi connectivity index (χ1) is 10.1. The minimum Gasteiger partial charge on any atom is -0.381 e. The zero-order valence-electron chi connectivity index (χ0n) is 13.1. The topological polar surface area (TPSA) is 39.1 Å². The molecule has 0 radical (unpaired) electrons. The van der Waals surface area contributed by atoms with Crippen LogP contribution in [-0.2, 0) is 24.6 Å². The Hall–Kier alpha value is -0.580. The van der Waals surface area contributed by atoms with Crippen molar-refractivity contribution in [1.82, 2.24) is 15.1 Å². The van der Waals surface area contributed by atoms with Gasteiger partial charge in [-0.2, -0.15) is 5.10 Å². The van der Waals surface area contributed by atoms with Crippen molar-refractivity contribution in [2.45, 2.75) is 51.5 Å². The Morgan fingerprint density at radius 2 is 2.29 bits per heavy atom. The molecule has 1 aliphatic heterocycles. The third kappa shape index (κ3) is 3.43. The molecule has 1 aromatic rings. The fraction of sp³-hybridized carbons (Fsp3) is 0.812. The Bertz CT molecular complexity index is 490. The van der Waals surface area contributed by atoms with Gasteiger partial charge in [0.2, 0.25) is 0 Å². The quantitative estimate of drug-likeness (QED) is 0.878. The lowest BCUT2D eigenvalue weighted by molar-refractivity contribution is -0.00823. The Morgan fingerprint density at radius 1 is 1.48 bits per heavy atom. The first-order valence-electron chi connectivity index (χ1n) is 8.15. The van der Waals surface area contributed by atoms with Gasteiger partial charge in [-0.3, -0.25) is 4.68 Å². The molecule has 1 saturated heterocycles. The van der Waals surface area contributed by atoms with E-state index in [1.165, 1.54) is 19.3 Å². The summed E-state index contributed by atoms with van der Waals surface area (Å²) in [5.41, 5.74) is 2.34. The summed E-state index contributed by atoms with van der Waals surface area (Å²) in [6.07, 6.45) is 6.83. The molecule has 118 valence electrons. The number of ether oxygens (including phenoxy) is 1. The van der Waals surface area contributed by atoms with Crippen molar-refractivity contribution in [3.8, 4) is 0 Å². The molecular weight excluding hydrogens is 286 g/mol. The minimum absolute atomic E-state index is 0.170. The van der Waals surface area contributed by atoms with Crippen molar-refractivity contribution in [3.05, 3.63) is 16.4 Å². The summed E-state index contributed by atoms with van der Waals surface area (Å²) in [7, 11) is 2.01. The van der Waals surface area contributed by atoms with E-state index in [1.54, 1.807) is 0 Å². The number of hydrogen-bond donors (Lipinski definition) is 1. The highest BCUT2D eigenvalue weighted by Crippen LogP contribution is 2.36. The molecule has 4 nitrogen and oxygen atoms in total. The predicted molar refractivity (Wildman–Crippen MR) is 84.8 cm³/mol. The summed E-state index contributed by atoms with van der Waals surface area (Å²) in [6.45, 7) is 4.85. The number of aryl methyl sites for hydroxylation is 2. The summed E-state index contributed by atoms with van der Waals surface area (Å²) in [6, 6.07) is 0.733. The number of nitrogens with one attached hydrogen (secondary N) is 1. The fourth-order valence-corrected chi connectivity index (χ4v) is 3.63. The van der Waals surface area contributed by atoms with Gasteiger partial charge in [-0.15, -0.1) is 0 Å². The van der Waals surface area contributed by atoms with Crippen molar-refractivity contribution < 1.29 is 4.74 Å². The van der Waals surface area contributed by atoms with E-state index in [9.17, 15) is 0 Å². The van der Waals surface area contributed by atoms with Gasteiger partial charge >= 0.3 is 0 Å². The maximum absolute atomic E-state index is 6.54. The fourth-order valence-electron chi connectivity index (χ4n) is 3.27. The van der Waals surface area contributed by atoms with Gasteiger partial charge < -0.3 is 10.1 Å². The smallest absolute Gasteiger partial charge is 0.0849 e. The van der Waals surface area contributed by atoms with Gasteiger partial charge in [0.05, 0.1) is 23.0 Å². The summed E-state index contributed by atoms with van der Waals surface area (Å²) in [5.74, 6) is 0. The van der Waals surface area contributed by atoms with Crippen LogP contribution in [0.2, 0.25) is 5.02 Å². The summed E-state index contributed by atoms with van der Waals surface area (Å²) < 4.78 is 7.78. The van der Waals surface area contributed by atoms with Crippen molar-refractivity contribution in [3.63, 3.8) is 0 Å². The maximum atomic E-state index is 6.54. The molecule has 1 unspecified atom stereocenters. The third-order valence-electron chi connectivity index (χ3n) is 4.79. The minimum atomic E-state index is 0.170. The first kappa shape index (κ1) is 15.3. The summed E-state index contributed by atoms with van der Waals surface area (Å²) >= 11 is 6.54. The highest BCUT2D eigenvalue weighted by Gasteiger charge is 2.36. The van der Waals surface area contributed by atoms with Gasteiger partial charge in [0.1, 0.15) is 0 Å². The van der Waals surface area contributed by atoms with E-state index in [-0.39, 0.29) is 5.41 Å². The molecule has 1 saturated carbocycles. The molecule has 2 aliphatic rings. The third-order valence-corrected chi connectivity index (χ3v) is 5.23. The molecule has 3 rings (SSSR count). The average Bonchev–Trinajstić information content (AvgIpc) is 3.29. The van der Waals surface area contributed by atoms with Gasteiger partial charge in [0, 0.05) is 31.7 Å². The second-order valence-corrected chi connectivity index (χ2v) is 7.05. The van der Waals surface area contributed by atoms with Crippen LogP contribution in [0.5, 0.6) is 0 Å². The number of aromatic nitrogens is 2. The van der Waals surface area contributed by atoms with Crippen LogP contribution in [0.15, 0.2) is 0 Å². The predicted octanol–water partition coefficient (Wildman–Crippen LogP) is 2.73. The monoisotopic (exact) mass is 311 g/mol. The Kier molecular flexibility index (Phi) is 4.57. The number of hydrogen-bond acceptors (Lipinski definition) is 3. The lowest BCUT2D eigenvalue weighted by Crippen LogP contribution is -2.43. The molecule has 0 spiro atoms. The number of halogens is 1. The molecule has 1 aromatic heterocycles. The Morgan fingerprint density at radius 3 is 2.86 bits per heavy atom. The van der Waals surface area contributed by atoms with Crippen LogP contribution < -0.4 is 5.32 Å². The molecule has 21 heavy (non-hydrogen) atoms. The zero-order valence-corrected chi connectivity index (χ0v) is 13.9. The van der Waals surface area contributed by atoms with E-state index in [2.05, 4.69) is 17.3 Å². The molecule has 1 atom stereocenters. The van der Waals surface area contributed by atoms with Crippen molar-refractivity contribution >= 4 is 11.6 Å². The van der Waals surface area contributed by atoms with E-state index in [0.717, 1.165) is 61.5 Å². The summed E-state index contributed by atoms with van der Waals surface area (Å²) in [4.78, 5) is 0. The molecule has 0 aromatic carbocycles. The number of rotatable bonds is 6. The molecule has 0 bridgehead atoms. The summed E-state index contributed by atoms with van der Waals surface area (Å²) in [5, 5.41) is 9.11. The average molecular weight is 312 g/mol. The van der Waals surface area contributed by atoms with Crippen LogP contribution in [0.4, 0.5) is 0 Å². The van der Waals surface area contributed by atoms with Gasteiger partial charge in [0.25, 0.3) is 0 Å².